The van der Waals surface area contributed by atoms with Crippen molar-refractivity contribution in [2.75, 3.05) is 20.6 Å². The van der Waals surface area contributed by atoms with Crippen molar-refractivity contribution >= 4 is 28.7 Å². The molecule has 10 heteroatoms. The van der Waals surface area contributed by atoms with Crippen LogP contribution in [0.1, 0.15) is 38.8 Å². The molecule has 8 nitrogen and oxygen atoms in total. The van der Waals surface area contributed by atoms with E-state index in [-0.39, 0.29) is 24.9 Å². The van der Waals surface area contributed by atoms with Crippen molar-refractivity contribution in [2.45, 2.75) is 64.3 Å². The number of carbonyl (C=O) groups is 3. The first kappa shape index (κ1) is 32.5. The predicted octanol–water partition coefficient (Wildman–Crippen LogP) is 4.46. The molecule has 3 atom stereocenters. The molecule has 3 rings (SSSR count). The van der Waals surface area contributed by atoms with Crippen LogP contribution in [0.4, 0.5) is 13.6 Å². The molecule has 226 valence electrons. The first-order valence-electron chi connectivity index (χ1n) is 13.8. The van der Waals surface area contributed by atoms with Crippen molar-refractivity contribution in [3.8, 4) is 0 Å². The van der Waals surface area contributed by atoms with Crippen LogP contribution in [0.5, 0.6) is 0 Å². The summed E-state index contributed by atoms with van der Waals surface area (Å²) in [5.41, 5.74) is 0.257. The van der Waals surface area contributed by atoms with E-state index in [2.05, 4.69) is 5.32 Å². The zero-order valence-corrected chi connectivity index (χ0v) is 24.9. The van der Waals surface area contributed by atoms with Crippen molar-refractivity contribution < 1.29 is 33.0 Å². The minimum Gasteiger partial charge on any atom is -0.444 e. The highest BCUT2D eigenvalue weighted by Crippen LogP contribution is 2.21. The number of ether oxygens (including phenoxy) is 1. The summed E-state index contributed by atoms with van der Waals surface area (Å²) in [5, 5.41) is 14.3. The molecule has 0 saturated carbocycles. The van der Waals surface area contributed by atoms with Gasteiger partial charge in [0.2, 0.25) is 11.8 Å². The fraction of sp³-hybridized carbons (Fsp3) is 0.406. The van der Waals surface area contributed by atoms with Crippen molar-refractivity contribution in [2.24, 2.45) is 0 Å². The van der Waals surface area contributed by atoms with E-state index >= 15 is 0 Å². The Morgan fingerprint density at radius 2 is 1.45 bits per heavy atom. The summed E-state index contributed by atoms with van der Waals surface area (Å²) in [5.74, 6) is -3.27. The molecule has 0 radical (unpaired) electrons. The third-order valence-corrected chi connectivity index (χ3v) is 6.78. The first-order valence-corrected chi connectivity index (χ1v) is 13.8. The van der Waals surface area contributed by atoms with Gasteiger partial charge in [-0.1, -0.05) is 48.5 Å². The molecule has 0 fully saturated rings. The highest BCUT2D eigenvalue weighted by Gasteiger charge is 2.36. The van der Waals surface area contributed by atoms with E-state index in [1.54, 1.807) is 20.8 Å². The maximum atomic E-state index is 14.1. The Hall–Kier alpha value is -4.05. The number of nitrogens with one attached hydrogen (secondary N) is 1. The lowest BCUT2D eigenvalue weighted by Gasteiger charge is -2.35. The van der Waals surface area contributed by atoms with Gasteiger partial charge < -0.3 is 20.1 Å². The van der Waals surface area contributed by atoms with Gasteiger partial charge in [-0.15, -0.1) is 0 Å². The number of amides is 3. The number of hydrogen-bond donors (Lipinski definition) is 2. The molecule has 0 aliphatic carbocycles. The molecule has 0 aliphatic rings. The molecular formula is C32H39F2N3O5. The van der Waals surface area contributed by atoms with Crippen LogP contribution in [0.2, 0.25) is 0 Å². The molecule has 2 N–H and O–H groups in total. The first-order chi connectivity index (χ1) is 19.7. The number of aliphatic hydroxyl groups excluding tert-OH is 1. The van der Waals surface area contributed by atoms with Crippen LogP contribution < -0.4 is 5.32 Å². The van der Waals surface area contributed by atoms with Gasteiger partial charge in [-0.2, -0.15) is 0 Å². The lowest BCUT2D eigenvalue weighted by Crippen LogP contribution is -2.56. The van der Waals surface area contributed by atoms with Gasteiger partial charge in [-0.05, 0) is 61.7 Å². The average molecular weight is 584 g/mol. The molecule has 0 unspecified atom stereocenters. The fourth-order valence-electron chi connectivity index (χ4n) is 4.49. The number of likely N-dealkylation sites (N-methyl/N-ethyl adjacent to an activating group) is 2. The number of fused-ring (bicyclic) bond motifs is 1. The molecule has 42 heavy (non-hydrogen) atoms. The van der Waals surface area contributed by atoms with E-state index in [1.165, 1.54) is 36.9 Å². The lowest BCUT2D eigenvalue weighted by molar-refractivity contribution is -0.142. The molecule has 0 bridgehead atoms. The summed E-state index contributed by atoms with van der Waals surface area (Å²) in [7, 11) is 2.88. The zero-order chi connectivity index (χ0) is 31.2. The fourth-order valence-corrected chi connectivity index (χ4v) is 4.49. The second-order valence-corrected chi connectivity index (χ2v) is 11.5. The molecule has 0 aliphatic heterocycles. The largest absolute Gasteiger partial charge is 0.444 e. The Labute approximate surface area is 245 Å². The third kappa shape index (κ3) is 8.72. The van der Waals surface area contributed by atoms with Crippen LogP contribution in [0, 0.1) is 11.6 Å². The highest BCUT2D eigenvalue weighted by atomic mass is 19.2. The number of nitrogens with zero attached hydrogens (tertiary/aromatic N) is 2. The van der Waals surface area contributed by atoms with Crippen LogP contribution in [0.3, 0.4) is 0 Å². The molecular weight excluding hydrogens is 544 g/mol. The number of hydrogen-bond acceptors (Lipinski definition) is 5. The Morgan fingerprint density at radius 3 is 2.07 bits per heavy atom. The maximum Gasteiger partial charge on any atom is 0.410 e. The predicted molar refractivity (Wildman–Crippen MR) is 157 cm³/mol. The molecule has 3 amide bonds. The lowest BCUT2D eigenvalue weighted by atomic mass is 9.98. The van der Waals surface area contributed by atoms with Crippen LogP contribution in [0.25, 0.3) is 10.8 Å². The number of benzene rings is 3. The van der Waals surface area contributed by atoms with Gasteiger partial charge in [0.1, 0.15) is 17.7 Å². The van der Waals surface area contributed by atoms with E-state index in [1.807, 2.05) is 42.5 Å². The van der Waals surface area contributed by atoms with Crippen LogP contribution >= 0.6 is 0 Å². The summed E-state index contributed by atoms with van der Waals surface area (Å²) in [6.45, 7) is 6.57. The molecule has 3 aromatic rings. The number of carbonyl (C=O) groups excluding carboxylic acids is 3. The second-order valence-electron chi connectivity index (χ2n) is 11.5. The van der Waals surface area contributed by atoms with Gasteiger partial charge in [0, 0.05) is 33.5 Å². The normalized spacial score (nSPS) is 13.6. The van der Waals surface area contributed by atoms with Crippen LogP contribution in [-0.4, -0.2) is 77.2 Å². The van der Waals surface area contributed by atoms with Gasteiger partial charge in [0.25, 0.3) is 0 Å². The van der Waals surface area contributed by atoms with E-state index < -0.39 is 53.3 Å². The van der Waals surface area contributed by atoms with Gasteiger partial charge in [0.05, 0.1) is 6.10 Å². The van der Waals surface area contributed by atoms with Crippen molar-refractivity contribution in [1.82, 2.24) is 15.1 Å². The maximum absolute atomic E-state index is 14.1. The quantitative estimate of drug-likeness (QED) is 0.367. The minimum absolute atomic E-state index is 0.0759. The molecule has 0 spiro atoms. The number of rotatable bonds is 10. The van der Waals surface area contributed by atoms with Crippen molar-refractivity contribution in [1.29, 1.82) is 0 Å². The average Bonchev–Trinajstić information content (AvgIpc) is 2.93. The summed E-state index contributed by atoms with van der Waals surface area (Å²) >= 11 is 0. The third-order valence-electron chi connectivity index (χ3n) is 6.78. The molecule has 0 heterocycles. The highest BCUT2D eigenvalue weighted by molar-refractivity contribution is 5.92. The van der Waals surface area contributed by atoms with Crippen molar-refractivity contribution in [3.63, 3.8) is 0 Å². The topological polar surface area (TPSA) is 99.2 Å². The Balaban J connectivity index is 1.98. The van der Waals surface area contributed by atoms with Gasteiger partial charge in [-0.3, -0.25) is 14.5 Å². The second kappa shape index (κ2) is 13.7. The van der Waals surface area contributed by atoms with E-state index in [0.29, 0.717) is 0 Å². The van der Waals surface area contributed by atoms with E-state index in [4.69, 9.17) is 4.74 Å². The molecule has 3 aromatic carbocycles. The monoisotopic (exact) mass is 583 g/mol. The zero-order valence-electron chi connectivity index (χ0n) is 24.9. The Bertz CT molecular complexity index is 1420. The van der Waals surface area contributed by atoms with Gasteiger partial charge >= 0.3 is 6.09 Å². The standard InChI is InChI=1S/C32H39F2N3O5/c1-20(38)19-35-29(39)27(17-22-12-14-25(33)26(34)16-22)36(5)30(40)28(37(6)31(41)42-32(2,3)4)18-21-11-13-23-9-7-8-10-24(23)15-21/h7-16,20,27-28,38H,17-19H2,1-6H3,(H,35,39)/t20-,27+,28+/m0/s1. The minimum atomic E-state index is -1.16. The van der Waals surface area contributed by atoms with Gasteiger partial charge in [-0.25, -0.2) is 13.6 Å². The van der Waals surface area contributed by atoms with Crippen LogP contribution in [-0.2, 0) is 27.2 Å². The summed E-state index contributed by atoms with van der Waals surface area (Å²) in [6.07, 6.45) is -1.58. The Kier molecular flexibility index (Phi) is 10.6. The van der Waals surface area contributed by atoms with Crippen molar-refractivity contribution in [3.05, 3.63) is 83.4 Å². The smallest absolute Gasteiger partial charge is 0.410 e. The molecule has 0 saturated heterocycles. The summed E-state index contributed by atoms with van der Waals surface area (Å²) in [6, 6.07) is 14.5. The van der Waals surface area contributed by atoms with E-state index in [0.717, 1.165) is 28.5 Å². The Morgan fingerprint density at radius 1 is 0.857 bits per heavy atom. The van der Waals surface area contributed by atoms with Gasteiger partial charge in [0.15, 0.2) is 11.6 Å². The molecule has 0 aromatic heterocycles. The summed E-state index contributed by atoms with van der Waals surface area (Å²) in [4.78, 5) is 42.9. The number of halogens is 2. The summed E-state index contributed by atoms with van der Waals surface area (Å²) < 4.78 is 33.1. The SMILES string of the molecule is C[C@H](O)CNC(=O)[C@@H](Cc1ccc(F)c(F)c1)N(C)C(=O)[C@@H](Cc1ccc2ccccc2c1)N(C)C(=O)OC(C)(C)C. The number of aliphatic hydroxyl groups is 1. The van der Waals surface area contributed by atoms with E-state index in [9.17, 15) is 28.3 Å². The van der Waals surface area contributed by atoms with Crippen LogP contribution in [0.15, 0.2) is 60.7 Å².